The van der Waals surface area contributed by atoms with Gasteiger partial charge in [0.25, 0.3) is 0 Å². The van der Waals surface area contributed by atoms with E-state index in [1.807, 2.05) is 43.5 Å². The van der Waals surface area contributed by atoms with Gasteiger partial charge in [0.05, 0.1) is 17.7 Å². The van der Waals surface area contributed by atoms with Crippen LogP contribution in [0.1, 0.15) is 54.0 Å². The molecule has 0 aliphatic carbocycles. The van der Waals surface area contributed by atoms with Crippen molar-refractivity contribution in [2.75, 3.05) is 44.4 Å². The molecule has 2 aromatic carbocycles. The number of carboxylic acids is 1. The number of carbonyl (C=O) groups is 1. The number of halogens is 1. The van der Waals surface area contributed by atoms with Gasteiger partial charge >= 0.3 is 5.97 Å². The molecule has 1 aromatic heterocycles. The number of aromatic nitrogens is 1. The molecule has 2 fully saturated rings. The Bertz CT molecular complexity index is 1490. The van der Waals surface area contributed by atoms with E-state index in [9.17, 15) is 9.90 Å². The summed E-state index contributed by atoms with van der Waals surface area (Å²) in [4.78, 5) is 21.3. The molecule has 3 aliphatic heterocycles. The smallest absolute Gasteiger partial charge is 0.309 e. The summed E-state index contributed by atoms with van der Waals surface area (Å²) in [5.41, 5.74) is 6.36. The fraction of sp³-hybridized carbons (Fsp3) is 0.529. The van der Waals surface area contributed by atoms with Crippen LogP contribution in [0.5, 0.6) is 5.75 Å². The van der Waals surface area contributed by atoms with Crippen LogP contribution in [0.15, 0.2) is 29.6 Å². The van der Waals surface area contributed by atoms with Crippen LogP contribution < -0.4 is 9.64 Å². The number of anilines is 1. The molecule has 0 bridgehead atoms. The van der Waals surface area contributed by atoms with Gasteiger partial charge in [-0.1, -0.05) is 11.6 Å². The van der Waals surface area contributed by atoms with E-state index in [0.717, 1.165) is 77.8 Å². The zero-order valence-electron chi connectivity index (χ0n) is 25.8. The molecule has 0 unspecified atom stereocenters. The van der Waals surface area contributed by atoms with Crippen LogP contribution >= 0.6 is 11.3 Å². The highest BCUT2D eigenvalue weighted by Gasteiger charge is 2.36. The molecule has 0 spiro atoms. The molecule has 2 saturated heterocycles. The molecule has 4 heterocycles. The summed E-state index contributed by atoms with van der Waals surface area (Å²) < 4.78 is 33.5. The largest absolute Gasteiger partial charge is 0.488 e. The summed E-state index contributed by atoms with van der Waals surface area (Å²) in [6.45, 7) is 11.0. The third-order valence-corrected chi connectivity index (χ3v) is 10.2. The quantitative estimate of drug-likeness (QED) is 0.311. The highest BCUT2D eigenvalue weighted by atomic mass is 32.1. The Labute approximate surface area is 262 Å². The fourth-order valence-electron chi connectivity index (χ4n) is 6.88. The molecule has 6 rings (SSSR count). The molecule has 236 valence electrons. The number of nitrogens with zero attached hydrogens (tertiary/aromatic N) is 3. The van der Waals surface area contributed by atoms with Gasteiger partial charge in [-0.2, -0.15) is 0 Å². The molecule has 0 saturated carbocycles. The summed E-state index contributed by atoms with van der Waals surface area (Å²) in [6, 6.07) is 8.44. The lowest BCUT2D eigenvalue weighted by Gasteiger charge is -2.38. The lowest BCUT2D eigenvalue weighted by atomic mass is 9.90. The monoisotopic (exact) mass is 623 g/mol. The molecule has 1 N–H and O–H groups in total. The van der Waals surface area contributed by atoms with E-state index < -0.39 is 11.9 Å². The molecular formula is C34H42FN3O5S. The van der Waals surface area contributed by atoms with Crippen LogP contribution in [0.4, 0.5) is 9.52 Å². The summed E-state index contributed by atoms with van der Waals surface area (Å²) in [5.74, 6) is -0.812. The fourth-order valence-corrected chi connectivity index (χ4v) is 7.74. The predicted octanol–water partition coefficient (Wildman–Crippen LogP) is 6.00. The van der Waals surface area contributed by atoms with E-state index in [1.54, 1.807) is 0 Å². The number of hydrogen-bond acceptors (Lipinski definition) is 8. The van der Waals surface area contributed by atoms with Gasteiger partial charge in [-0.15, -0.1) is 11.3 Å². The van der Waals surface area contributed by atoms with Gasteiger partial charge in [-0.25, -0.2) is 9.37 Å². The first-order valence-corrected chi connectivity index (χ1v) is 16.6. The average molecular weight is 624 g/mol. The van der Waals surface area contributed by atoms with Crippen LogP contribution in [-0.4, -0.2) is 72.6 Å². The topological polar surface area (TPSA) is 84.4 Å². The number of fused-ring (bicyclic) bond motifs is 1. The lowest BCUT2D eigenvalue weighted by Crippen LogP contribution is -2.48. The molecule has 44 heavy (non-hydrogen) atoms. The SMILES string of the molecule is CCO[C@@H]1CN(c2nc(-c3cc(C)ccc3OCc3cc(C)c4c(c3F)CCN(C3CCOCC3)C4)cs2)CC[C@@H]1C(=O)O. The lowest BCUT2D eigenvalue weighted by molar-refractivity contribution is -0.148. The Kier molecular flexibility index (Phi) is 9.51. The van der Waals surface area contributed by atoms with Crippen molar-refractivity contribution in [1.82, 2.24) is 9.88 Å². The molecule has 0 amide bonds. The third-order valence-electron chi connectivity index (χ3n) is 9.31. The zero-order chi connectivity index (χ0) is 30.8. The van der Waals surface area contributed by atoms with Gasteiger partial charge in [0.2, 0.25) is 0 Å². The Morgan fingerprint density at radius 1 is 1.16 bits per heavy atom. The average Bonchev–Trinajstić information content (AvgIpc) is 3.53. The summed E-state index contributed by atoms with van der Waals surface area (Å²) >= 11 is 1.53. The first-order valence-electron chi connectivity index (χ1n) is 15.7. The van der Waals surface area contributed by atoms with Crippen molar-refractivity contribution in [3.63, 3.8) is 0 Å². The minimum absolute atomic E-state index is 0.134. The minimum atomic E-state index is -0.813. The van der Waals surface area contributed by atoms with Gasteiger partial charge in [0.15, 0.2) is 5.13 Å². The maximum atomic E-state index is 15.9. The first-order chi connectivity index (χ1) is 21.3. The normalized spacial score (nSPS) is 21.3. The van der Waals surface area contributed by atoms with E-state index in [0.29, 0.717) is 49.9 Å². The standard InChI is InChI=1S/C34H42FN3O5S/c1-4-42-31-18-38(12-8-26(31)33(39)40)34-36-29(20-44-34)27-15-21(2)5-6-30(27)43-19-23-16-22(3)28-17-37(11-7-25(28)32(23)35)24-9-13-41-14-10-24/h5-6,15-16,20,24,26,31H,4,7-14,17-19H2,1-3H3,(H,39,40)/t26-,31+/m0/s1. The number of piperidine rings is 1. The summed E-state index contributed by atoms with van der Waals surface area (Å²) in [7, 11) is 0. The Hall–Kier alpha value is -3.05. The second kappa shape index (κ2) is 13.5. The van der Waals surface area contributed by atoms with Crippen molar-refractivity contribution < 1.29 is 28.5 Å². The highest BCUT2D eigenvalue weighted by Crippen LogP contribution is 2.37. The van der Waals surface area contributed by atoms with Crippen LogP contribution in [0.25, 0.3) is 11.3 Å². The summed E-state index contributed by atoms with van der Waals surface area (Å²) in [6.07, 6.45) is 2.92. The number of ether oxygens (including phenoxy) is 3. The maximum Gasteiger partial charge on any atom is 0.309 e. The number of aliphatic carboxylic acids is 1. The highest BCUT2D eigenvalue weighted by molar-refractivity contribution is 7.14. The van der Waals surface area contributed by atoms with Crippen molar-refractivity contribution in [3.05, 3.63) is 63.3 Å². The first kappa shape index (κ1) is 31.0. The van der Waals surface area contributed by atoms with E-state index in [4.69, 9.17) is 19.2 Å². The molecule has 3 aliphatic rings. The predicted molar refractivity (Wildman–Crippen MR) is 169 cm³/mol. The van der Waals surface area contributed by atoms with Gasteiger partial charge in [-0.05, 0) is 81.3 Å². The Balaban J connectivity index is 1.18. The van der Waals surface area contributed by atoms with Crippen molar-refractivity contribution in [2.45, 2.75) is 71.8 Å². The van der Waals surface area contributed by atoms with Gasteiger partial charge in [0, 0.05) is 68.5 Å². The molecule has 10 heteroatoms. The number of hydrogen-bond donors (Lipinski definition) is 1. The van der Waals surface area contributed by atoms with Crippen molar-refractivity contribution >= 4 is 22.4 Å². The van der Waals surface area contributed by atoms with Crippen LogP contribution in [0.3, 0.4) is 0 Å². The number of rotatable bonds is 9. The minimum Gasteiger partial charge on any atom is -0.488 e. The number of carboxylic acid groups (broad SMARTS) is 1. The number of benzene rings is 2. The number of thiazole rings is 1. The van der Waals surface area contributed by atoms with Gasteiger partial charge in [0.1, 0.15) is 18.2 Å². The second-order valence-corrected chi connectivity index (χ2v) is 13.0. The molecule has 8 nitrogen and oxygen atoms in total. The van der Waals surface area contributed by atoms with E-state index in [-0.39, 0.29) is 18.5 Å². The van der Waals surface area contributed by atoms with Crippen molar-refractivity contribution in [1.29, 1.82) is 0 Å². The van der Waals surface area contributed by atoms with E-state index in [1.165, 1.54) is 11.3 Å². The van der Waals surface area contributed by atoms with E-state index in [2.05, 4.69) is 16.7 Å². The van der Waals surface area contributed by atoms with Gasteiger partial charge < -0.3 is 24.2 Å². The Morgan fingerprint density at radius 2 is 1.98 bits per heavy atom. The van der Waals surface area contributed by atoms with E-state index >= 15 is 4.39 Å². The third kappa shape index (κ3) is 6.49. The Morgan fingerprint density at radius 3 is 2.75 bits per heavy atom. The molecule has 3 aromatic rings. The van der Waals surface area contributed by atoms with Gasteiger partial charge in [-0.3, -0.25) is 9.69 Å². The number of aryl methyl sites for hydroxylation is 2. The maximum absolute atomic E-state index is 15.9. The zero-order valence-corrected chi connectivity index (χ0v) is 26.6. The van der Waals surface area contributed by atoms with Crippen LogP contribution in [0.2, 0.25) is 0 Å². The molecular weight excluding hydrogens is 581 g/mol. The van der Waals surface area contributed by atoms with Crippen molar-refractivity contribution in [3.8, 4) is 17.0 Å². The molecule has 2 atom stereocenters. The second-order valence-electron chi connectivity index (χ2n) is 12.2. The summed E-state index contributed by atoms with van der Waals surface area (Å²) in [5, 5.41) is 12.5. The van der Waals surface area contributed by atoms with Crippen LogP contribution in [0, 0.1) is 25.6 Å². The molecule has 0 radical (unpaired) electrons. The van der Waals surface area contributed by atoms with Crippen molar-refractivity contribution in [2.24, 2.45) is 5.92 Å². The van der Waals surface area contributed by atoms with Crippen LogP contribution in [-0.2, 0) is 33.8 Å².